The van der Waals surface area contributed by atoms with Gasteiger partial charge in [-0.25, -0.2) is 0 Å². The maximum Gasteiger partial charge on any atom is 0.0929 e. The molecule has 1 aliphatic rings. The largest absolute Gasteiger partial charge is 0.313 e. The van der Waals surface area contributed by atoms with E-state index >= 15 is 0 Å². The Morgan fingerprint density at radius 1 is 1.35 bits per heavy atom. The van der Waals surface area contributed by atoms with E-state index in [9.17, 15) is 0 Å². The highest BCUT2D eigenvalue weighted by Gasteiger charge is 2.09. The van der Waals surface area contributed by atoms with E-state index in [0.717, 1.165) is 18.8 Å². The minimum absolute atomic E-state index is 1.00. The lowest BCUT2D eigenvalue weighted by Gasteiger charge is -2.14. The van der Waals surface area contributed by atoms with Crippen LogP contribution in [0.3, 0.4) is 0 Å². The summed E-state index contributed by atoms with van der Waals surface area (Å²) in [6.45, 7) is 2.14. The fourth-order valence-electron chi connectivity index (χ4n) is 2.44. The first-order chi connectivity index (χ1) is 8.34. The van der Waals surface area contributed by atoms with E-state index in [-0.39, 0.29) is 0 Å². The Kier molecular flexibility index (Phi) is 2.69. The molecule has 1 aromatic carbocycles. The molecule has 1 saturated heterocycles. The first-order valence-electron chi connectivity index (χ1n) is 6.16. The molecule has 0 aliphatic carbocycles. The number of nitrogens with zero attached hydrogens (tertiary/aromatic N) is 2. The lowest BCUT2D eigenvalue weighted by molar-refractivity contribution is 0.613. The second kappa shape index (κ2) is 4.34. The molecule has 3 nitrogen and oxygen atoms in total. The van der Waals surface area contributed by atoms with Crippen molar-refractivity contribution in [3.8, 4) is 0 Å². The second-order valence-corrected chi connectivity index (χ2v) is 4.61. The zero-order valence-corrected chi connectivity index (χ0v) is 10.1. The number of hydrogen-bond acceptors (Lipinski definition) is 2. The summed E-state index contributed by atoms with van der Waals surface area (Å²) in [5.41, 5.74) is 3.75. The highest BCUT2D eigenvalue weighted by molar-refractivity contribution is 5.87. The minimum Gasteiger partial charge on any atom is -0.313 e. The molecule has 1 aromatic heterocycles. The van der Waals surface area contributed by atoms with Gasteiger partial charge in [0.25, 0.3) is 0 Å². The third-order valence-electron chi connectivity index (χ3n) is 3.33. The number of hydrogen-bond donors (Lipinski definition) is 1. The summed E-state index contributed by atoms with van der Waals surface area (Å²) in [6, 6.07) is 8.39. The molecule has 3 rings (SSSR count). The summed E-state index contributed by atoms with van der Waals surface area (Å²) in [5, 5.41) is 9.25. The molecule has 1 fully saturated rings. The number of fused-ring (bicyclic) bond motifs is 1. The maximum atomic E-state index is 4.60. The molecule has 0 saturated carbocycles. The van der Waals surface area contributed by atoms with Gasteiger partial charge in [0.05, 0.1) is 11.2 Å². The van der Waals surface area contributed by atoms with Gasteiger partial charge in [-0.3, -0.25) is 4.68 Å². The fraction of sp³-hybridized carbons (Fsp3) is 0.357. The van der Waals surface area contributed by atoms with Crippen molar-refractivity contribution < 1.29 is 0 Å². The monoisotopic (exact) mass is 227 g/mol. The summed E-state index contributed by atoms with van der Waals surface area (Å²) >= 11 is 0. The number of piperidine rings is 1. The predicted molar refractivity (Wildman–Crippen MR) is 70.8 cm³/mol. The van der Waals surface area contributed by atoms with Gasteiger partial charge in [0.2, 0.25) is 0 Å². The molecular formula is C14H17N3. The zero-order valence-electron chi connectivity index (χ0n) is 10.1. The average molecular weight is 227 g/mol. The van der Waals surface area contributed by atoms with Crippen molar-refractivity contribution in [1.29, 1.82) is 0 Å². The molecule has 0 atom stereocenters. The van der Waals surface area contributed by atoms with Crippen LogP contribution in [0.15, 0.2) is 29.8 Å². The van der Waals surface area contributed by atoms with E-state index in [0.29, 0.717) is 0 Å². The van der Waals surface area contributed by atoms with Crippen molar-refractivity contribution >= 4 is 17.0 Å². The topological polar surface area (TPSA) is 29.9 Å². The van der Waals surface area contributed by atoms with Gasteiger partial charge in [-0.15, -0.1) is 0 Å². The molecule has 0 unspecified atom stereocenters. The summed E-state index contributed by atoms with van der Waals surface area (Å²) < 4.78 is 1.96. The smallest absolute Gasteiger partial charge is 0.0929 e. The van der Waals surface area contributed by atoms with Crippen LogP contribution in [0.2, 0.25) is 0 Å². The lowest BCUT2D eigenvalue weighted by atomic mass is 10.0. The van der Waals surface area contributed by atoms with Gasteiger partial charge in [0, 0.05) is 19.0 Å². The summed E-state index contributed by atoms with van der Waals surface area (Å²) in [7, 11) is 2.00. The molecule has 0 amide bonds. The molecule has 0 radical (unpaired) electrons. The van der Waals surface area contributed by atoms with Crippen molar-refractivity contribution in [1.82, 2.24) is 15.1 Å². The van der Waals surface area contributed by atoms with Crippen molar-refractivity contribution in [3.63, 3.8) is 0 Å². The SMILES string of the molecule is Cn1nc(C=C2CCCNC2)c2ccccc21. The van der Waals surface area contributed by atoms with Crippen LogP contribution < -0.4 is 5.32 Å². The Morgan fingerprint density at radius 3 is 3.06 bits per heavy atom. The summed E-state index contributed by atoms with van der Waals surface area (Å²) in [6.07, 6.45) is 4.67. The number of aromatic nitrogens is 2. The summed E-state index contributed by atoms with van der Waals surface area (Å²) in [4.78, 5) is 0. The second-order valence-electron chi connectivity index (χ2n) is 4.61. The van der Waals surface area contributed by atoms with E-state index in [1.165, 1.54) is 29.3 Å². The van der Waals surface area contributed by atoms with Gasteiger partial charge in [-0.1, -0.05) is 23.8 Å². The van der Waals surface area contributed by atoms with Crippen molar-refractivity contribution in [3.05, 3.63) is 35.5 Å². The molecule has 2 aromatic rings. The highest BCUT2D eigenvalue weighted by atomic mass is 15.3. The maximum absolute atomic E-state index is 4.60. The molecule has 0 bridgehead atoms. The van der Waals surface area contributed by atoms with Crippen molar-refractivity contribution in [2.75, 3.05) is 13.1 Å². The van der Waals surface area contributed by atoms with Gasteiger partial charge in [0.1, 0.15) is 0 Å². The zero-order chi connectivity index (χ0) is 11.7. The van der Waals surface area contributed by atoms with Crippen LogP contribution >= 0.6 is 0 Å². The number of para-hydroxylation sites is 1. The molecular weight excluding hydrogens is 210 g/mol. The molecule has 88 valence electrons. The number of aryl methyl sites for hydroxylation is 1. The Balaban J connectivity index is 2.05. The normalized spacial score (nSPS) is 19.0. The van der Waals surface area contributed by atoms with Gasteiger partial charge in [-0.2, -0.15) is 5.10 Å². The predicted octanol–water partition coefficient (Wildman–Crippen LogP) is 2.34. The Morgan fingerprint density at radius 2 is 2.24 bits per heavy atom. The third-order valence-corrected chi connectivity index (χ3v) is 3.33. The Labute approximate surface area is 101 Å². The van der Waals surface area contributed by atoms with Crippen LogP contribution in [0.4, 0.5) is 0 Å². The first-order valence-corrected chi connectivity index (χ1v) is 6.16. The van der Waals surface area contributed by atoms with Crippen LogP contribution in [0.5, 0.6) is 0 Å². The van der Waals surface area contributed by atoms with Gasteiger partial charge in [0.15, 0.2) is 0 Å². The van der Waals surface area contributed by atoms with Gasteiger partial charge >= 0.3 is 0 Å². The molecule has 2 heterocycles. The first kappa shape index (κ1) is 10.5. The van der Waals surface area contributed by atoms with Crippen LogP contribution in [-0.4, -0.2) is 22.9 Å². The van der Waals surface area contributed by atoms with E-state index in [1.807, 2.05) is 11.7 Å². The molecule has 17 heavy (non-hydrogen) atoms. The number of rotatable bonds is 1. The average Bonchev–Trinajstić information content (AvgIpc) is 2.69. The van der Waals surface area contributed by atoms with Crippen LogP contribution in [0, 0.1) is 0 Å². The van der Waals surface area contributed by atoms with Crippen LogP contribution in [0.25, 0.3) is 17.0 Å². The standard InChI is InChI=1S/C14H17N3/c1-17-14-7-3-2-6-12(14)13(16-17)9-11-5-4-8-15-10-11/h2-3,6-7,9,15H,4-5,8,10H2,1H3. The van der Waals surface area contributed by atoms with Crippen LogP contribution in [-0.2, 0) is 7.05 Å². The van der Waals surface area contributed by atoms with E-state index in [2.05, 4.69) is 40.8 Å². The van der Waals surface area contributed by atoms with Crippen molar-refractivity contribution in [2.24, 2.45) is 7.05 Å². The molecule has 1 aliphatic heterocycles. The van der Waals surface area contributed by atoms with E-state index < -0.39 is 0 Å². The molecule has 1 N–H and O–H groups in total. The Bertz CT molecular complexity index is 558. The summed E-state index contributed by atoms with van der Waals surface area (Å²) in [5.74, 6) is 0. The third kappa shape index (κ3) is 1.98. The van der Waals surface area contributed by atoms with Gasteiger partial charge < -0.3 is 5.32 Å². The fourth-order valence-corrected chi connectivity index (χ4v) is 2.44. The minimum atomic E-state index is 1.00. The quantitative estimate of drug-likeness (QED) is 0.810. The number of nitrogens with one attached hydrogen (secondary N) is 1. The number of benzene rings is 1. The lowest BCUT2D eigenvalue weighted by Crippen LogP contribution is -2.23. The van der Waals surface area contributed by atoms with Crippen LogP contribution in [0.1, 0.15) is 18.5 Å². The molecule has 3 heteroatoms. The molecule has 0 spiro atoms. The van der Waals surface area contributed by atoms with E-state index in [1.54, 1.807) is 0 Å². The van der Waals surface area contributed by atoms with E-state index in [4.69, 9.17) is 0 Å². The van der Waals surface area contributed by atoms with Crippen molar-refractivity contribution in [2.45, 2.75) is 12.8 Å². The highest BCUT2D eigenvalue weighted by Crippen LogP contribution is 2.21. The Hall–Kier alpha value is -1.61. The van der Waals surface area contributed by atoms with Gasteiger partial charge in [-0.05, 0) is 31.5 Å².